The van der Waals surface area contributed by atoms with Gasteiger partial charge in [-0.15, -0.1) is 0 Å². The zero-order valence-corrected chi connectivity index (χ0v) is 24.9. The Bertz CT molecular complexity index is 1520. The SMILES string of the molecule is COC(=O)N(C1c2ccccc2-c2ccccc21)[C@H]1CN(C(=O)OC(C)(C)C)[C@@H](C(=O)NCc2cccc(Cl)c2F)[C@H]1F. The van der Waals surface area contributed by atoms with Gasteiger partial charge < -0.3 is 14.8 Å². The van der Waals surface area contributed by atoms with Crippen LogP contribution >= 0.6 is 11.6 Å². The first-order valence-electron chi connectivity index (χ1n) is 13.8. The third-order valence-electron chi connectivity index (χ3n) is 7.59. The molecule has 8 nitrogen and oxygen atoms in total. The zero-order chi connectivity index (χ0) is 31.1. The smallest absolute Gasteiger partial charge is 0.411 e. The van der Waals surface area contributed by atoms with E-state index < -0.39 is 53.8 Å². The van der Waals surface area contributed by atoms with Gasteiger partial charge in [0.15, 0.2) is 6.17 Å². The van der Waals surface area contributed by atoms with Crippen LogP contribution in [0.25, 0.3) is 11.1 Å². The van der Waals surface area contributed by atoms with Crippen LogP contribution in [0.5, 0.6) is 0 Å². The molecule has 1 aliphatic carbocycles. The first-order chi connectivity index (χ1) is 20.4. The predicted molar refractivity (Wildman–Crippen MR) is 157 cm³/mol. The monoisotopic (exact) mass is 611 g/mol. The van der Waals surface area contributed by atoms with E-state index in [2.05, 4.69) is 5.32 Å². The highest BCUT2D eigenvalue weighted by molar-refractivity contribution is 6.30. The number of alkyl halides is 1. The molecule has 1 saturated heterocycles. The normalized spacial score (nSPS) is 19.4. The van der Waals surface area contributed by atoms with Crippen LogP contribution in [0, 0.1) is 5.82 Å². The van der Waals surface area contributed by atoms with E-state index >= 15 is 4.39 Å². The first kappa shape index (κ1) is 30.3. The maximum absolute atomic E-state index is 16.7. The highest BCUT2D eigenvalue weighted by Gasteiger charge is 2.55. The summed E-state index contributed by atoms with van der Waals surface area (Å²) >= 11 is 5.87. The number of nitrogens with one attached hydrogen (secondary N) is 1. The van der Waals surface area contributed by atoms with Gasteiger partial charge in [0.2, 0.25) is 5.91 Å². The van der Waals surface area contributed by atoms with E-state index in [1.807, 2.05) is 48.5 Å². The van der Waals surface area contributed by atoms with E-state index in [-0.39, 0.29) is 23.7 Å². The first-order valence-corrected chi connectivity index (χ1v) is 14.2. The van der Waals surface area contributed by atoms with Crippen molar-refractivity contribution in [1.29, 1.82) is 0 Å². The van der Waals surface area contributed by atoms with Gasteiger partial charge in [-0.05, 0) is 49.1 Å². The number of carbonyl (C=O) groups excluding carboxylic acids is 3. The summed E-state index contributed by atoms with van der Waals surface area (Å²) in [5.41, 5.74) is 2.42. The van der Waals surface area contributed by atoms with Crippen LogP contribution in [0.15, 0.2) is 66.7 Å². The number of halogens is 3. The van der Waals surface area contributed by atoms with Gasteiger partial charge in [-0.25, -0.2) is 18.4 Å². The Labute approximate surface area is 253 Å². The Hall–Kier alpha value is -4.18. The predicted octanol–water partition coefficient (Wildman–Crippen LogP) is 6.26. The van der Waals surface area contributed by atoms with Crippen molar-refractivity contribution in [3.8, 4) is 11.1 Å². The fourth-order valence-electron chi connectivity index (χ4n) is 5.77. The van der Waals surface area contributed by atoms with Gasteiger partial charge in [-0.2, -0.15) is 0 Å². The Kier molecular flexibility index (Phi) is 8.34. The molecule has 1 N–H and O–H groups in total. The van der Waals surface area contributed by atoms with Crippen LogP contribution in [-0.2, 0) is 20.8 Å². The second-order valence-corrected chi connectivity index (χ2v) is 11.9. The average Bonchev–Trinajstić information content (AvgIpc) is 3.48. The van der Waals surface area contributed by atoms with Crippen LogP contribution in [0.4, 0.5) is 18.4 Å². The fourth-order valence-corrected chi connectivity index (χ4v) is 5.97. The van der Waals surface area contributed by atoms with Crippen molar-refractivity contribution in [2.45, 2.75) is 57.2 Å². The molecule has 11 heteroatoms. The lowest BCUT2D eigenvalue weighted by Gasteiger charge is -2.35. The number of benzene rings is 3. The third-order valence-corrected chi connectivity index (χ3v) is 7.88. The van der Waals surface area contributed by atoms with Crippen molar-refractivity contribution in [3.63, 3.8) is 0 Å². The summed E-state index contributed by atoms with van der Waals surface area (Å²) in [7, 11) is 1.19. The molecule has 1 fully saturated rings. The summed E-state index contributed by atoms with van der Waals surface area (Å²) in [6.45, 7) is 4.29. The van der Waals surface area contributed by atoms with Crippen LogP contribution in [0.3, 0.4) is 0 Å². The molecule has 1 aliphatic heterocycles. The van der Waals surface area contributed by atoms with Gasteiger partial charge in [0.05, 0.1) is 24.2 Å². The highest BCUT2D eigenvalue weighted by Crippen LogP contribution is 2.48. The summed E-state index contributed by atoms with van der Waals surface area (Å²) in [6, 6.07) is 15.6. The van der Waals surface area contributed by atoms with Crippen molar-refractivity contribution in [2.75, 3.05) is 13.7 Å². The molecule has 3 atom stereocenters. The number of likely N-dealkylation sites (tertiary alicyclic amines) is 1. The molecule has 226 valence electrons. The van der Waals surface area contributed by atoms with E-state index in [0.717, 1.165) is 27.2 Å². The van der Waals surface area contributed by atoms with E-state index in [9.17, 15) is 18.8 Å². The highest BCUT2D eigenvalue weighted by atomic mass is 35.5. The maximum atomic E-state index is 16.7. The number of hydrogen-bond acceptors (Lipinski definition) is 5. The van der Waals surface area contributed by atoms with E-state index in [0.29, 0.717) is 0 Å². The van der Waals surface area contributed by atoms with Gasteiger partial charge in [-0.1, -0.05) is 72.3 Å². The number of ether oxygens (including phenoxy) is 2. The summed E-state index contributed by atoms with van der Waals surface area (Å²) in [4.78, 5) is 42.6. The second-order valence-electron chi connectivity index (χ2n) is 11.5. The van der Waals surface area contributed by atoms with Gasteiger partial charge >= 0.3 is 12.2 Å². The maximum Gasteiger partial charge on any atom is 0.411 e. The Morgan fingerprint density at radius 1 is 1.00 bits per heavy atom. The molecular weight excluding hydrogens is 580 g/mol. The molecule has 3 aromatic carbocycles. The van der Waals surface area contributed by atoms with Crippen molar-refractivity contribution < 1.29 is 32.6 Å². The number of methoxy groups -OCH3 is 1. The van der Waals surface area contributed by atoms with Gasteiger partial charge in [0.1, 0.15) is 17.5 Å². The van der Waals surface area contributed by atoms with E-state index in [4.69, 9.17) is 21.1 Å². The molecule has 3 aromatic rings. The second kappa shape index (κ2) is 11.8. The van der Waals surface area contributed by atoms with Gasteiger partial charge in [0, 0.05) is 18.7 Å². The molecule has 1 heterocycles. The Morgan fingerprint density at radius 2 is 1.60 bits per heavy atom. The molecule has 0 radical (unpaired) electrons. The minimum absolute atomic E-state index is 0.0879. The molecule has 43 heavy (non-hydrogen) atoms. The third kappa shape index (κ3) is 5.76. The van der Waals surface area contributed by atoms with Crippen molar-refractivity contribution >= 4 is 29.7 Å². The number of fused-ring (bicyclic) bond motifs is 3. The molecular formula is C32H32ClF2N3O5. The molecule has 0 saturated carbocycles. The largest absolute Gasteiger partial charge is 0.453 e. The lowest BCUT2D eigenvalue weighted by molar-refractivity contribution is -0.127. The molecule has 0 bridgehead atoms. The quantitative estimate of drug-likeness (QED) is 0.368. The topological polar surface area (TPSA) is 88.2 Å². The van der Waals surface area contributed by atoms with E-state index in [1.54, 1.807) is 20.8 Å². The van der Waals surface area contributed by atoms with E-state index in [1.165, 1.54) is 30.2 Å². The summed E-state index contributed by atoms with van der Waals surface area (Å²) in [5, 5.41) is 2.40. The molecule has 0 aromatic heterocycles. The average molecular weight is 612 g/mol. The van der Waals surface area contributed by atoms with Crippen LogP contribution < -0.4 is 5.32 Å². The van der Waals surface area contributed by atoms with Crippen molar-refractivity contribution in [2.24, 2.45) is 0 Å². The number of carbonyl (C=O) groups is 3. The van der Waals surface area contributed by atoms with Crippen LogP contribution in [-0.4, -0.2) is 65.4 Å². The van der Waals surface area contributed by atoms with Gasteiger partial charge in [-0.3, -0.25) is 14.6 Å². The van der Waals surface area contributed by atoms with Gasteiger partial charge in [0.25, 0.3) is 0 Å². The number of hydrogen-bond donors (Lipinski definition) is 1. The number of amides is 3. The molecule has 0 spiro atoms. The molecule has 0 unspecified atom stereocenters. The summed E-state index contributed by atoms with van der Waals surface area (Å²) in [6.07, 6.45) is -3.80. The standard InChI is InChI=1S/C32H32ClF2N3O5/c1-32(2,3)43-30(40)37-17-24(26(35)28(37)29(39)36-16-18-10-9-15-23(33)25(18)34)38(31(41)42-4)27-21-13-7-5-11-19(21)20-12-6-8-14-22(20)27/h5-15,24,26-28H,16-17H2,1-4H3,(H,36,39)/t24-,26-,28+/m0/s1. The fraction of sp³-hybridized carbons (Fsp3) is 0.344. The number of nitrogens with zero attached hydrogens (tertiary/aromatic N) is 2. The lowest BCUT2D eigenvalue weighted by Crippen LogP contribution is -2.51. The molecule has 2 aliphatic rings. The van der Waals surface area contributed by atoms with Crippen LogP contribution in [0.2, 0.25) is 5.02 Å². The van der Waals surface area contributed by atoms with Crippen LogP contribution in [0.1, 0.15) is 43.5 Å². The Balaban J connectivity index is 1.52. The molecule has 3 amide bonds. The molecule has 5 rings (SSSR count). The van der Waals surface area contributed by atoms with Crippen molar-refractivity contribution in [1.82, 2.24) is 15.1 Å². The van der Waals surface area contributed by atoms with Crippen molar-refractivity contribution in [3.05, 3.63) is 94.3 Å². The summed E-state index contributed by atoms with van der Waals surface area (Å²) < 4.78 is 41.9. The number of rotatable bonds is 5. The Morgan fingerprint density at radius 3 is 2.19 bits per heavy atom. The zero-order valence-electron chi connectivity index (χ0n) is 24.1. The summed E-state index contributed by atoms with van der Waals surface area (Å²) in [5.74, 6) is -1.60. The lowest BCUT2D eigenvalue weighted by atomic mass is 9.99. The minimum Gasteiger partial charge on any atom is -0.453 e. The minimum atomic E-state index is -2.05.